The fourth-order valence-corrected chi connectivity index (χ4v) is 8.81. The summed E-state index contributed by atoms with van der Waals surface area (Å²) < 4.78 is 74.7. The molecule has 0 amide bonds. The van der Waals surface area contributed by atoms with Crippen molar-refractivity contribution in [3.05, 3.63) is 42.0 Å². The molecule has 11 heteroatoms. The smallest absolute Gasteiger partial charge is 0.243 e. The summed E-state index contributed by atoms with van der Waals surface area (Å²) in [6.07, 6.45) is 7.36. The molecule has 2 fully saturated rings. The molecule has 9 nitrogen and oxygen atoms in total. The van der Waals surface area contributed by atoms with Gasteiger partial charge in [-0.3, -0.25) is 0 Å². The Morgan fingerprint density at radius 1 is 0.795 bits per heavy atom. The summed E-state index contributed by atoms with van der Waals surface area (Å²) >= 11 is 0. The van der Waals surface area contributed by atoms with E-state index < -0.39 is 20.0 Å². The van der Waals surface area contributed by atoms with Gasteiger partial charge in [-0.2, -0.15) is 4.31 Å². The number of ether oxygens (including phenoxy) is 3. The van der Waals surface area contributed by atoms with Gasteiger partial charge in [-0.15, -0.1) is 0 Å². The van der Waals surface area contributed by atoms with Gasteiger partial charge in [0.1, 0.15) is 0 Å². The van der Waals surface area contributed by atoms with Crippen molar-refractivity contribution in [3.63, 3.8) is 0 Å². The summed E-state index contributed by atoms with van der Waals surface area (Å²) in [5.41, 5.74) is 0.700. The number of hydrogen-bond acceptors (Lipinski definition) is 7. The van der Waals surface area contributed by atoms with Gasteiger partial charge >= 0.3 is 0 Å². The van der Waals surface area contributed by atoms with Crippen LogP contribution in [0.25, 0.3) is 0 Å². The van der Waals surface area contributed by atoms with E-state index in [2.05, 4.69) is 11.6 Å². The van der Waals surface area contributed by atoms with E-state index in [0.29, 0.717) is 22.8 Å². The zero-order chi connectivity index (χ0) is 28.2. The normalized spacial score (nSPS) is 20.7. The van der Waals surface area contributed by atoms with Gasteiger partial charge in [-0.25, -0.2) is 21.6 Å². The van der Waals surface area contributed by atoms with Crippen molar-refractivity contribution in [2.24, 2.45) is 5.92 Å². The lowest BCUT2D eigenvalue weighted by Gasteiger charge is -2.38. The Hall–Kier alpha value is -2.34. The second kappa shape index (κ2) is 12.4. The molecule has 1 N–H and O–H groups in total. The molecular weight excluding hydrogens is 540 g/mol. The predicted octanol–water partition coefficient (Wildman–Crippen LogP) is 4.70. The molecule has 0 unspecified atom stereocenters. The van der Waals surface area contributed by atoms with Crippen LogP contribution in [0.1, 0.15) is 63.9 Å². The van der Waals surface area contributed by atoms with Crippen LogP contribution in [0.5, 0.6) is 17.2 Å². The maximum Gasteiger partial charge on any atom is 0.243 e. The Bertz CT molecular complexity index is 1310. The molecule has 39 heavy (non-hydrogen) atoms. The Kier molecular flexibility index (Phi) is 9.46. The summed E-state index contributed by atoms with van der Waals surface area (Å²) in [7, 11) is -3.12. The van der Waals surface area contributed by atoms with Crippen molar-refractivity contribution < 1.29 is 31.0 Å². The minimum atomic E-state index is -3.97. The van der Waals surface area contributed by atoms with Crippen LogP contribution >= 0.6 is 0 Å². The zero-order valence-electron chi connectivity index (χ0n) is 23.2. The topological polar surface area (TPSA) is 111 Å². The molecule has 0 radical (unpaired) electrons. The largest absolute Gasteiger partial charge is 0.493 e. The molecule has 0 saturated heterocycles. The molecule has 2 atom stereocenters. The van der Waals surface area contributed by atoms with Gasteiger partial charge in [0.2, 0.25) is 25.8 Å². The molecule has 0 spiro atoms. The number of methoxy groups -OCH3 is 3. The Morgan fingerprint density at radius 2 is 1.33 bits per heavy atom. The number of sulfonamides is 2. The first-order chi connectivity index (χ1) is 18.6. The van der Waals surface area contributed by atoms with E-state index in [1.807, 2.05) is 0 Å². The van der Waals surface area contributed by atoms with Crippen LogP contribution < -0.4 is 18.9 Å². The highest BCUT2D eigenvalue weighted by Gasteiger charge is 2.36. The maximum absolute atomic E-state index is 14.1. The first-order valence-corrected chi connectivity index (χ1v) is 16.5. The minimum absolute atomic E-state index is 0.0625. The third-order valence-electron chi connectivity index (χ3n) is 7.92. The predicted molar refractivity (Wildman–Crippen MR) is 149 cm³/mol. The van der Waals surface area contributed by atoms with Gasteiger partial charge < -0.3 is 14.2 Å². The van der Waals surface area contributed by atoms with Crippen molar-refractivity contribution in [1.29, 1.82) is 0 Å². The molecule has 216 valence electrons. The molecule has 2 aromatic rings. The highest BCUT2D eigenvalue weighted by molar-refractivity contribution is 7.89. The highest BCUT2D eigenvalue weighted by Crippen LogP contribution is 2.40. The second-order valence-electron chi connectivity index (χ2n) is 10.5. The van der Waals surface area contributed by atoms with Crippen LogP contribution in [0.4, 0.5) is 0 Å². The van der Waals surface area contributed by atoms with Crippen molar-refractivity contribution in [3.8, 4) is 17.2 Å². The quantitative estimate of drug-likeness (QED) is 0.410. The van der Waals surface area contributed by atoms with Gasteiger partial charge in [0, 0.05) is 18.6 Å². The third-order valence-corrected chi connectivity index (χ3v) is 11.3. The van der Waals surface area contributed by atoms with Crippen molar-refractivity contribution >= 4 is 20.0 Å². The lowest BCUT2D eigenvalue weighted by molar-refractivity contribution is 0.185. The Balaban J connectivity index is 1.68. The molecule has 0 aliphatic heterocycles. The second-order valence-corrected chi connectivity index (χ2v) is 14.1. The summed E-state index contributed by atoms with van der Waals surface area (Å²) in [5, 5.41) is 0. The van der Waals surface area contributed by atoms with Crippen LogP contribution in [0.15, 0.2) is 46.2 Å². The lowest BCUT2D eigenvalue weighted by Crippen LogP contribution is -2.44. The van der Waals surface area contributed by atoms with E-state index in [-0.39, 0.29) is 34.3 Å². The molecule has 0 heterocycles. The Labute approximate surface area is 232 Å². The van der Waals surface area contributed by atoms with E-state index in [1.54, 1.807) is 16.4 Å². The van der Waals surface area contributed by atoms with Gasteiger partial charge in [0.25, 0.3) is 0 Å². The van der Waals surface area contributed by atoms with Gasteiger partial charge in [0.05, 0.1) is 31.1 Å². The summed E-state index contributed by atoms with van der Waals surface area (Å²) in [4.78, 5) is 0.128. The first-order valence-electron chi connectivity index (χ1n) is 13.5. The van der Waals surface area contributed by atoms with Crippen molar-refractivity contribution in [1.82, 2.24) is 9.03 Å². The molecule has 2 aliphatic carbocycles. The lowest BCUT2D eigenvalue weighted by atomic mass is 9.86. The Morgan fingerprint density at radius 3 is 1.87 bits per heavy atom. The molecule has 0 aromatic heterocycles. The zero-order valence-corrected chi connectivity index (χ0v) is 24.8. The summed E-state index contributed by atoms with van der Waals surface area (Å²) in [5.74, 6) is 1.51. The van der Waals surface area contributed by atoms with Gasteiger partial charge in [0.15, 0.2) is 11.5 Å². The monoisotopic (exact) mass is 580 g/mol. The SMILES string of the molecule is COc1cc(CN([C@H]2CCCC[C@@H]2C)S(=O)(=O)c2ccc(S(=O)(=O)NC3CCCC3)cc2)cc(OC)c1OC. The fourth-order valence-electron chi connectivity index (χ4n) is 5.77. The van der Waals surface area contributed by atoms with E-state index >= 15 is 0 Å². The summed E-state index contributed by atoms with van der Waals surface area (Å²) in [6.45, 7) is 2.20. The highest BCUT2D eigenvalue weighted by atomic mass is 32.2. The fraction of sp³-hybridized carbons (Fsp3) is 0.571. The van der Waals surface area contributed by atoms with Crippen LogP contribution in [0.2, 0.25) is 0 Å². The number of hydrogen-bond donors (Lipinski definition) is 1. The molecule has 0 bridgehead atoms. The molecule has 2 aliphatic rings. The van der Waals surface area contributed by atoms with E-state index in [4.69, 9.17) is 14.2 Å². The summed E-state index contributed by atoms with van der Waals surface area (Å²) in [6, 6.07) is 8.82. The standard InChI is InChI=1S/C28H40N2O7S2/c1-20-9-5-8-12-25(20)30(19-21-17-26(35-2)28(37-4)27(18-21)36-3)39(33,34)24-15-13-23(14-16-24)38(31,32)29-22-10-6-7-11-22/h13-18,20,22,25,29H,5-12,19H2,1-4H3/t20-,25-/m0/s1. The molecule has 2 aromatic carbocycles. The number of nitrogens with one attached hydrogen (secondary N) is 1. The van der Waals surface area contributed by atoms with Crippen molar-refractivity contribution in [2.45, 2.75) is 86.7 Å². The van der Waals surface area contributed by atoms with Gasteiger partial charge in [-0.05, 0) is 73.6 Å². The van der Waals surface area contributed by atoms with Crippen LogP contribution in [-0.2, 0) is 26.6 Å². The number of benzene rings is 2. The number of nitrogens with zero attached hydrogens (tertiary/aromatic N) is 1. The minimum Gasteiger partial charge on any atom is -0.493 e. The average Bonchev–Trinajstić information content (AvgIpc) is 3.44. The first kappa shape index (κ1) is 29.6. The number of rotatable bonds is 11. The maximum atomic E-state index is 14.1. The van der Waals surface area contributed by atoms with E-state index in [1.165, 1.54) is 45.6 Å². The average molecular weight is 581 g/mol. The van der Waals surface area contributed by atoms with Crippen LogP contribution in [0, 0.1) is 5.92 Å². The van der Waals surface area contributed by atoms with Crippen molar-refractivity contribution in [2.75, 3.05) is 21.3 Å². The molecular formula is C28H40N2O7S2. The molecule has 4 rings (SSSR count). The van der Waals surface area contributed by atoms with E-state index in [0.717, 1.165) is 51.4 Å². The van der Waals surface area contributed by atoms with E-state index in [9.17, 15) is 16.8 Å². The third kappa shape index (κ3) is 6.53. The van der Waals surface area contributed by atoms with Crippen LogP contribution in [-0.4, -0.2) is 54.6 Å². The van der Waals surface area contributed by atoms with Gasteiger partial charge in [-0.1, -0.05) is 32.6 Å². The van der Waals surface area contributed by atoms with Crippen LogP contribution in [0.3, 0.4) is 0 Å². The molecule has 2 saturated carbocycles.